The highest BCUT2D eigenvalue weighted by Crippen LogP contribution is 2.33. The van der Waals surface area contributed by atoms with Gasteiger partial charge in [-0.25, -0.2) is 4.98 Å². The van der Waals surface area contributed by atoms with E-state index in [0.29, 0.717) is 15.1 Å². The molecule has 0 radical (unpaired) electrons. The molecule has 0 amide bonds. The van der Waals surface area contributed by atoms with Crippen LogP contribution in [0.2, 0.25) is 4.34 Å². The van der Waals surface area contributed by atoms with E-state index in [0.717, 1.165) is 11.3 Å². The van der Waals surface area contributed by atoms with E-state index < -0.39 is 16.8 Å². The molecule has 4 rings (SSSR count). The molecule has 0 saturated carbocycles. The van der Waals surface area contributed by atoms with Crippen LogP contribution in [0.15, 0.2) is 57.4 Å². The zero-order valence-corrected chi connectivity index (χ0v) is 21.9. The van der Waals surface area contributed by atoms with E-state index in [2.05, 4.69) is 10.1 Å². The van der Waals surface area contributed by atoms with Crippen LogP contribution in [-0.2, 0) is 12.3 Å². The van der Waals surface area contributed by atoms with Gasteiger partial charge in [-0.1, -0.05) is 32.4 Å². The Morgan fingerprint density at radius 3 is 2.67 bits per heavy atom. The number of thioether (sulfide) groups is 1. The van der Waals surface area contributed by atoms with Gasteiger partial charge in [-0.3, -0.25) is 14.4 Å². The highest BCUT2D eigenvalue weighted by atomic mass is 35.5. The molecule has 4 aromatic heterocycles. The van der Waals surface area contributed by atoms with Crippen molar-refractivity contribution in [2.75, 3.05) is 0 Å². The lowest BCUT2D eigenvalue weighted by Crippen LogP contribution is -2.28. The molecule has 0 aromatic carbocycles. The summed E-state index contributed by atoms with van der Waals surface area (Å²) >= 11 is 8.85. The number of nitriles is 1. The van der Waals surface area contributed by atoms with Crippen LogP contribution in [0, 0.1) is 16.7 Å². The maximum Gasteiger partial charge on any atom is 0.261 e. The summed E-state index contributed by atoms with van der Waals surface area (Å²) in [6.45, 7) is 5.02. The second-order valence-corrected chi connectivity index (χ2v) is 11.6. The summed E-state index contributed by atoms with van der Waals surface area (Å²) in [5.74, 6) is -0.159. The summed E-state index contributed by atoms with van der Waals surface area (Å²) in [5, 5.41) is 14.7. The van der Waals surface area contributed by atoms with Crippen molar-refractivity contribution in [2.45, 2.75) is 38.1 Å². The van der Waals surface area contributed by atoms with Gasteiger partial charge in [0.1, 0.15) is 28.7 Å². The van der Waals surface area contributed by atoms with Crippen molar-refractivity contribution in [2.24, 2.45) is 5.41 Å². The standard InChI is InChI=1S/C24H20ClN5O4S2/c1-24(2,3)23(33)30-20(35-12-15-4-5-19(25)36-15)8-16(28-30)21-14(9-26)6-7-29(22(21)32)10-18(31)17-11-34-13-27-17/h4-8,11,13H,10,12H2,1-3H3. The topological polar surface area (TPSA) is 124 Å². The van der Waals surface area contributed by atoms with Gasteiger partial charge >= 0.3 is 0 Å². The Kier molecular flexibility index (Phi) is 7.31. The minimum absolute atomic E-state index is 0.00873. The van der Waals surface area contributed by atoms with Gasteiger partial charge in [0.15, 0.2) is 6.39 Å². The molecule has 0 unspecified atom stereocenters. The maximum absolute atomic E-state index is 13.4. The molecule has 0 aliphatic carbocycles. The van der Waals surface area contributed by atoms with Gasteiger partial charge in [-0.2, -0.15) is 15.0 Å². The molecule has 0 N–H and O–H groups in total. The van der Waals surface area contributed by atoms with Crippen LogP contribution in [-0.4, -0.2) is 31.0 Å². The summed E-state index contributed by atoms with van der Waals surface area (Å²) in [4.78, 5) is 43.9. The quantitative estimate of drug-likeness (QED) is 0.232. The van der Waals surface area contributed by atoms with Crippen LogP contribution in [0.5, 0.6) is 0 Å². The van der Waals surface area contributed by atoms with Gasteiger partial charge in [0.25, 0.3) is 11.5 Å². The van der Waals surface area contributed by atoms with E-state index in [-0.39, 0.29) is 35.0 Å². The first-order valence-corrected chi connectivity index (χ1v) is 12.8. The second-order valence-electron chi connectivity index (χ2n) is 8.78. The van der Waals surface area contributed by atoms with Crippen LogP contribution >= 0.6 is 34.7 Å². The normalized spacial score (nSPS) is 11.4. The molecular formula is C24H20ClN5O4S2. The van der Waals surface area contributed by atoms with E-state index in [1.807, 2.05) is 12.1 Å². The van der Waals surface area contributed by atoms with E-state index in [1.165, 1.54) is 50.9 Å². The number of carbonyl (C=O) groups is 2. The van der Waals surface area contributed by atoms with Crippen LogP contribution in [0.25, 0.3) is 11.3 Å². The molecule has 0 aliphatic rings. The van der Waals surface area contributed by atoms with Gasteiger partial charge in [0.2, 0.25) is 5.78 Å². The average Bonchev–Trinajstić information content (AvgIpc) is 3.59. The van der Waals surface area contributed by atoms with Crippen LogP contribution in [0.1, 0.15) is 46.5 Å². The SMILES string of the molecule is CC(C)(C)C(=O)n1nc(-c2c(C#N)ccn(CC(=O)c3cocn3)c2=O)cc1SCc1ccc(Cl)s1. The van der Waals surface area contributed by atoms with Crippen molar-refractivity contribution in [3.05, 3.63) is 73.9 Å². The number of oxazole rings is 1. The van der Waals surface area contributed by atoms with Crippen molar-refractivity contribution in [1.29, 1.82) is 5.26 Å². The average molecular weight is 542 g/mol. The van der Waals surface area contributed by atoms with Gasteiger partial charge in [-0.05, 0) is 24.3 Å². The number of aromatic nitrogens is 4. The van der Waals surface area contributed by atoms with Crippen molar-refractivity contribution < 1.29 is 14.0 Å². The number of thiophene rings is 1. The molecule has 4 aromatic rings. The smallest absolute Gasteiger partial charge is 0.261 e. The van der Waals surface area contributed by atoms with Gasteiger partial charge in [0, 0.05) is 22.2 Å². The van der Waals surface area contributed by atoms with Crippen molar-refractivity contribution in [3.63, 3.8) is 0 Å². The Labute approximate surface area is 219 Å². The number of Topliss-reactive ketones (excluding diaryl/α,β-unsaturated/α-hetero) is 1. The molecule has 0 fully saturated rings. The molecule has 0 spiro atoms. The van der Waals surface area contributed by atoms with Crippen LogP contribution < -0.4 is 5.56 Å². The van der Waals surface area contributed by atoms with Gasteiger partial charge in [0.05, 0.1) is 22.0 Å². The fraction of sp³-hybridized carbons (Fsp3) is 0.250. The molecule has 9 nitrogen and oxygen atoms in total. The highest BCUT2D eigenvalue weighted by molar-refractivity contribution is 7.98. The molecule has 0 atom stereocenters. The Hall–Kier alpha value is -3.46. The first kappa shape index (κ1) is 25.6. The largest absolute Gasteiger partial charge is 0.451 e. The first-order chi connectivity index (χ1) is 17.1. The van der Waals surface area contributed by atoms with Crippen molar-refractivity contribution in [3.8, 4) is 17.3 Å². The highest BCUT2D eigenvalue weighted by Gasteiger charge is 2.28. The fourth-order valence-corrected chi connectivity index (χ4v) is 5.37. The Bertz CT molecular complexity index is 1540. The van der Waals surface area contributed by atoms with Gasteiger partial charge in [-0.15, -0.1) is 23.1 Å². The Morgan fingerprint density at radius 1 is 1.28 bits per heavy atom. The maximum atomic E-state index is 13.4. The number of hydrogen-bond acceptors (Lipinski definition) is 9. The zero-order valence-electron chi connectivity index (χ0n) is 19.5. The number of halogens is 1. The summed E-state index contributed by atoms with van der Waals surface area (Å²) in [6, 6.07) is 8.78. The second kappa shape index (κ2) is 10.3. The van der Waals surface area contributed by atoms with Crippen LogP contribution in [0.4, 0.5) is 0 Å². The number of carbonyl (C=O) groups excluding carboxylic acids is 2. The lowest BCUT2D eigenvalue weighted by Gasteiger charge is -2.17. The zero-order chi connectivity index (χ0) is 26.0. The van der Waals surface area contributed by atoms with Crippen LogP contribution in [0.3, 0.4) is 0 Å². The number of pyridine rings is 1. The number of ketones is 1. The van der Waals surface area contributed by atoms with Gasteiger partial charge < -0.3 is 8.98 Å². The third kappa shape index (κ3) is 5.36. The summed E-state index contributed by atoms with van der Waals surface area (Å²) in [7, 11) is 0. The van der Waals surface area contributed by atoms with E-state index >= 15 is 0 Å². The number of nitrogens with zero attached hydrogens (tertiary/aromatic N) is 5. The van der Waals surface area contributed by atoms with E-state index in [1.54, 1.807) is 32.9 Å². The number of rotatable bonds is 7. The summed E-state index contributed by atoms with van der Waals surface area (Å²) in [6.07, 6.45) is 3.69. The summed E-state index contributed by atoms with van der Waals surface area (Å²) in [5.41, 5.74) is -0.984. The predicted octanol–water partition coefficient (Wildman–Crippen LogP) is 5.15. The third-order valence-electron chi connectivity index (χ3n) is 5.08. The van der Waals surface area contributed by atoms with E-state index in [9.17, 15) is 19.6 Å². The monoisotopic (exact) mass is 541 g/mol. The van der Waals surface area contributed by atoms with Crippen molar-refractivity contribution >= 4 is 46.4 Å². The molecule has 0 bridgehead atoms. The molecule has 4 heterocycles. The van der Waals surface area contributed by atoms with E-state index in [4.69, 9.17) is 16.0 Å². The molecule has 0 aliphatic heterocycles. The summed E-state index contributed by atoms with van der Waals surface area (Å²) < 4.78 is 7.95. The third-order valence-corrected chi connectivity index (χ3v) is 7.53. The molecule has 12 heteroatoms. The predicted molar refractivity (Wildman–Crippen MR) is 136 cm³/mol. The molecule has 184 valence electrons. The van der Waals surface area contributed by atoms with Crippen molar-refractivity contribution in [1.82, 2.24) is 19.3 Å². The fourth-order valence-electron chi connectivity index (χ4n) is 3.25. The molecule has 36 heavy (non-hydrogen) atoms. The minimum Gasteiger partial charge on any atom is -0.451 e. The lowest BCUT2D eigenvalue weighted by molar-refractivity contribution is 0.0736. The number of hydrogen-bond donors (Lipinski definition) is 0. The Morgan fingerprint density at radius 2 is 2.06 bits per heavy atom. The minimum atomic E-state index is -0.746. The Balaban J connectivity index is 1.77. The molecular weight excluding hydrogens is 522 g/mol. The lowest BCUT2D eigenvalue weighted by atomic mass is 9.96. The first-order valence-electron chi connectivity index (χ1n) is 10.7. The molecule has 0 saturated heterocycles.